The Morgan fingerprint density at radius 3 is 2.67 bits per heavy atom. The normalized spacial score (nSPS) is 17.9. The Morgan fingerprint density at radius 1 is 1.44 bits per heavy atom. The second-order valence-electron chi connectivity index (χ2n) is 5.12. The summed E-state index contributed by atoms with van der Waals surface area (Å²) in [5.41, 5.74) is 0.618. The van der Waals surface area contributed by atoms with Crippen LogP contribution in [0.4, 0.5) is 0 Å². The predicted octanol–water partition coefficient (Wildman–Crippen LogP) is 2.00. The number of nitrogens with one attached hydrogen (secondary N) is 2. The Morgan fingerprint density at radius 2 is 2.11 bits per heavy atom. The van der Waals surface area contributed by atoms with E-state index in [1.54, 1.807) is 0 Å². The van der Waals surface area contributed by atoms with Gasteiger partial charge in [0.2, 0.25) is 10.0 Å². The van der Waals surface area contributed by atoms with Gasteiger partial charge in [-0.25, -0.2) is 13.1 Å². The van der Waals surface area contributed by atoms with E-state index in [0.29, 0.717) is 11.4 Å². The molecule has 0 amide bonds. The minimum Gasteiger partial charge on any atom is -0.312 e. The third-order valence-corrected chi connectivity index (χ3v) is 6.28. The van der Waals surface area contributed by atoms with Gasteiger partial charge < -0.3 is 5.32 Å². The highest BCUT2D eigenvalue weighted by Gasteiger charge is 2.42. The molecule has 102 valence electrons. The molecule has 1 aliphatic carbocycles. The van der Waals surface area contributed by atoms with Gasteiger partial charge in [-0.15, -0.1) is 11.3 Å². The van der Waals surface area contributed by atoms with E-state index < -0.39 is 10.0 Å². The first kappa shape index (κ1) is 14.0. The van der Waals surface area contributed by atoms with E-state index in [-0.39, 0.29) is 5.54 Å². The van der Waals surface area contributed by atoms with Gasteiger partial charge >= 0.3 is 0 Å². The molecule has 1 fully saturated rings. The summed E-state index contributed by atoms with van der Waals surface area (Å²) in [5, 5.41) is 5.10. The maximum atomic E-state index is 12.4. The maximum Gasteiger partial charge on any atom is 0.242 e. The average Bonchev–Trinajstić information content (AvgIpc) is 2.85. The molecule has 0 spiro atoms. The summed E-state index contributed by atoms with van der Waals surface area (Å²) in [6, 6.07) is 0. The first-order chi connectivity index (χ1) is 8.38. The predicted molar refractivity (Wildman–Crippen MR) is 74.4 cm³/mol. The van der Waals surface area contributed by atoms with Crippen molar-refractivity contribution in [3.8, 4) is 0 Å². The lowest BCUT2D eigenvalue weighted by Gasteiger charge is -2.13. The van der Waals surface area contributed by atoms with Crippen LogP contribution in [0, 0.1) is 6.92 Å². The average molecular weight is 288 g/mol. The van der Waals surface area contributed by atoms with Crippen molar-refractivity contribution in [1.29, 1.82) is 0 Å². The van der Waals surface area contributed by atoms with Gasteiger partial charge in [0.15, 0.2) is 0 Å². The Kier molecular flexibility index (Phi) is 3.82. The fourth-order valence-corrected chi connectivity index (χ4v) is 5.12. The molecule has 4 nitrogen and oxygen atoms in total. The number of thiophene rings is 1. The molecule has 2 N–H and O–H groups in total. The van der Waals surface area contributed by atoms with Crippen molar-refractivity contribution in [2.75, 3.05) is 6.54 Å². The summed E-state index contributed by atoms with van der Waals surface area (Å²) in [5.74, 6) is 0. The van der Waals surface area contributed by atoms with Gasteiger partial charge in [0, 0.05) is 17.0 Å². The van der Waals surface area contributed by atoms with E-state index in [9.17, 15) is 8.42 Å². The Hall–Kier alpha value is -0.430. The Bertz CT molecular complexity index is 530. The fourth-order valence-electron chi connectivity index (χ4n) is 1.87. The van der Waals surface area contributed by atoms with Crippen molar-refractivity contribution < 1.29 is 8.42 Å². The van der Waals surface area contributed by atoms with Gasteiger partial charge in [-0.05, 0) is 44.2 Å². The van der Waals surface area contributed by atoms with Crippen molar-refractivity contribution in [2.45, 2.75) is 50.6 Å². The molecule has 0 aromatic carbocycles. The van der Waals surface area contributed by atoms with Crippen molar-refractivity contribution in [3.63, 3.8) is 0 Å². The summed E-state index contributed by atoms with van der Waals surface area (Å²) in [6.45, 7) is 7.27. The zero-order valence-electron chi connectivity index (χ0n) is 11.0. The van der Waals surface area contributed by atoms with E-state index in [1.165, 1.54) is 11.3 Å². The molecule has 1 aromatic heterocycles. The summed E-state index contributed by atoms with van der Waals surface area (Å²) in [7, 11) is -3.38. The lowest BCUT2D eigenvalue weighted by molar-refractivity contribution is 0.556. The summed E-state index contributed by atoms with van der Waals surface area (Å²) < 4.78 is 27.7. The number of aryl methyl sites for hydroxylation is 1. The molecule has 1 aromatic rings. The van der Waals surface area contributed by atoms with E-state index in [1.807, 2.05) is 26.2 Å². The minimum absolute atomic E-state index is 0.220. The first-order valence-corrected chi connectivity index (χ1v) is 8.56. The van der Waals surface area contributed by atoms with Gasteiger partial charge in [0.25, 0.3) is 0 Å². The highest BCUT2D eigenvalue weighted by atomic mass is 32.2. The fraction of sp³-hybridized carbons (Fsp3) is 0.667. The van der Waals surface area contributed by atoms with Crippen LogP contribution in [0.5, 0.6) is 0 Å². The zero-order chi connectivity index (χ0) is 13.4. The van der Waals surface area contributed by atoms with Crippen LogP contribution in [-0.2, 0) is 16.6 Å². The second kappa shape index (κ2) is 4.92. The third-order valence-electron chi connectivity index (χ3n) is 3.17. The molecule has 18 heavy (non-hydrogen) atoms. The lowest BCUT2D eigenvalue weighted by atomic mass is 10.3. The van der Waals surface area contributed by atoms with Gasteiger partial charge in [-0.3, -0.25) is 0 Å². The van der Waals surface area contributed by atoms with Crippen molar-refractivity contribution >= 4 is 21.4 Å². The van der Waals surface area contributed by atoms with Crippen LogP contribution in [0.3, 0.4) is 0 Å². The summed E-state index contributed by atoms with van der Waals surface area (Å²) in [4.78, 5) is 1.37. The molecular weight excluding hydrogens is 268 g/mol. The quantitative estimate of drug-likeness (QED) is 0.842. The second-order valence-corrected chi connectivity index (χ2v) is 7.70. The number of rotatable bonds is 6. The van der Waals surface area contributed by atoms with Crippen LogP contribution in [0.1, 0.15) is 37.1 Å². The molecule has 0 radical (unpaired) electrons. The SMILES string of the molecule is CCNCc1scc(C)c1S(=O)(=O)NC1(C)CC1. The monoisotopic (exact) mass is 288 g/mol. The van der Waals surface area contributed by atoms with Crippen molar-refractivity contribution in [2.24, 2.45) is 0 Å². The summed E-state index contributed by atoms with van der Waals surface area (Å²) in [6.07, 6.45) is 1.86. The van der Waals surface area contributed by atoms with Gasteiger partial charge in [0.05, 0.1) is 0 Å². The third kappa shape index (κ3) is 2.93. The molecule has 0 aliphatic heterocycles. The molecule has 0 bridgehead atoms. The Balaban J connectivity index is 2.28. The Labute approximate surface area is 113 Å². The van der Waals surface area contributed by atoms with Gasteiger partial charge in [-0.2, -0.15) is 0 Å². The molecule has 1 saturated carbocycles. The molecule has 0 unspecified atom stereocenters. The first-order valence-electron chi connectivity index (χ1n) is 6.19. The van der Waals surface area contributed by atoms with Crippen molar-refractivity contribution in [1.82, 2.24) is 10.0 Å². The molecular formula is C12H20N2O2S2. The topological polar surface area (TPSA) is 58.2 Å². The van der Waals surface area contributed by atoms with E-state index in [2.05, 4.69) is 10.0 Å². The molecule has 1 heterocycles. The standard InChI is InChI=1S/C12H20N2O2S2/c1-4-13-7-10-11(9(2)8-17-10)18(15,16)14-12(3)5-6-12/h8,13-14H,4-7H2,1-3H3. The molecule has 0 saturated heterocycles. The number of hydrogen-bond donors (Lipinski definition) is 2. The number of sulfonamides is 1. The smallest absolute Gasteiger partial charge is 0.242 e. The largest absolute Gasteiger partial charge is 0.312 e. The molecule has 1 aliphatic rings. The van der Waals surface area contributed by atoms with Crippen LogP contribution < -0.4 is 10.0 Å². The zero-order valence-corrected chi connectivity index (χ0v) is 12.7. The lowest BCUT2D eigenvalue weighted by Crippen LogP contribution is -2.35. The van der Waals surface area contributed by atoms with Crippen LogP contribution >= 0.6 is 11.3 Å². The highest BCUT2D eigenvalue weighted by molar-refractivity contribution is 7.89. The van der Waals surface area contributed by atoms with Crippen molar-refractivity contribution in [3.05, 3.63) is 15.8 Å². The molecule has 2 rings (SSSR count). The van der Waals surface area contributed by atoms with Gasteiger partial charge in [-0.1, -0.05) is 6.92 Å². The molecule has 6 heteroatoms. The van der Waals surface area contributed by atoms with E-state index >= 15 is 0 Å². The summed E-state index contributed by atoms with van der Waals surface area (Å²) >= 11 is 1.51. The maximum absolute atomic E-state index is 12.4. The van der Waals surface area contributed by atoms with Gasteiger partial charge in [0.1, 0.15) is 4.90 Å². The van der Waals surface area contributed by atoms with Crippen LogP contribution in [0.25, 0.3) is 0 Å². The van der Waals surface area contributed by atoms with E-state index in [4.69, 9.17) is 0 Å². The van der Waals surface area contributed by atoms with E-state index in [0.717, 1.165) is 29.8 Å². The molecule has 0 atom stereocenters. The highest BCUT2D eigenvalue weighted by Crippen LogP contribution is 2.37. The minimum atomic E-state index is -3.38. The van der Waals surface area contributed by atoms with Crippen LogP contribution in [0.15, 0.2) is 10.3 Å². The number of hydrogen-bond acceptors (Lipinski definition) is 4. The van der Waals surface area contributed by atoms with Crippen LogP contribution in [0.2, 0.25) is 0 Å². The van der Waals surface area contributed by atoms with Crippen LogP contribution in [-0.4, -0.2) is 20.5 Å².